The van der Waals surface area contributed by atoms with Crippen molar-refractivity contribution in [2.45, 2.75) is 44.3 Å². The van der Waals surface area contributed by atoms with Crippen LogP contribution in [0.1, 0.15) is 47.1 Å². The van der Waals surface area contributed by atoms with E-state index in [4.69, 9.17) is 9.47 Å². The minimum absolute atomic E-state index is 0.00603. The van der Waals surface area contributed by atoms with E-state index in [2.05, 4.69) is 10.1 Å². The number of benzene rings is 2. The molecule has 0 aliphatic carbocycles. The van der Waals surface area contributed by atoms with Crippen molar-refractivity contribution in [1.82, 2.24) is 19.4 Å². The summed E-state index contributed by atoms with van der Waals surface area (Å²) in [7, 11) is -5.07. The van der Waals surface area contributed by atoms with E-state index in [0.29, 0.717) is 17.7 Å². The van der Waals surface area contributed by atoms with Gasteiger partial charge in [0, 0.05) is 6.54 Å². The summed E-state index contributed by atoms with van der Waals surface area (Å²) in [5, 5.41) is 3.61. The van der Waals surface area contributed by atoms with Crippen LogP contribution in [-0.2, 0) is 32.9 Å². The van der Waals surface area contributed by atoms with Crippen molar-refractivity contribution in [2.24, 2.45) is 0 Å². The summed E-state index contributed by atoms with van der Waals surface area (Å²) >= 11 is 0. The predicted molar refractivity (Wildman–Crippen MR) is 126 cm³/mol. The standard InChI is InChI=1S/C23H22F7N4O6P/c1-12(14-8-15(22(25,26)27)10-16(9-14)23(28,29)30)40-20-19(13-2-4-17(24)5-3-13)33(6-7-39-20)11-18-31-21(35)34(32-18)41(36,37)38/h2-5,8-10,12,19-20H,6-7,11H2,1H3,(H,31,32,35)(H2,36,37,38)/t12-,19-,20+/m0/s1. The van der Waals surface area contributed by atoms with Gasteiger partial charge in [0.15, 0.2) is 6.29 Å². The Labute approximate surface area is 226 Å². The van der Waals surface area contributed by atoms with Crippen LogP contribution in [0.2, 0.25) is 0 Å². The molecule has 1 aromatic heterocycles. The van der Waals surface area contributed by atoms with E-state index < -0.39 is 66.7 Å². The maximum atomic E-state index is 13.7. The first kappa shape index (κ1) is 30.9. The molecule has 3 N–H and O–H groups in total. The molecule has 0 spiro atoms. The monoisotopic (exact) mass is 614 g/mol. The zero-order valence-electron chi connectivity index (χ0n) is 20.9. The summed E-state index contributed by atoms with van der Waals surface area (Å²) in [6, 6.07) is 5.01. The fourth-order valence-corrected chi connectivity index (χ4v) is 4.81. The fraction of sp³-hybridized carbons (Fsp3) is 0.391. The van der Waals surface area contributed by atoms with Gasteiger partial charge in [0.2, 0.25) is 0 Å². The number of ether oxygens (including phenoxy) is 2. The summed E-state index contributed by atoms with van der Waals surface area (Å²) in [4.78, 5) is 34.3. The van der Waals surface area contributed by atoms with Gasteiger partial charge in [0.05, 0.1) is 36.4 Å². The molecule has 3 aromatic rings. The van der Waals surface area contributed by atoms with Crippen LogP contribution in [0.15, 0.2) is 47.3 Å². The summed E-state index contributed by atoms with van der Waals surface area (Å²) in [6.07, 6.45) is -12.8. The Morgan fingerprint density at radius 3 is 2.20 bits per heavy atom. The smallest absolute Gasteiger partial charge is 0.349 e. The number of rotatable bonds is 7. The SMILES string of the molecule is C[C@H](O[C@H]1OCCN(Cc2nn(P(=O)(O)O)c(=O)[nH]2)[C@H]1c1ccc(F)cc1)c1cc(C(F)(F)F)cc(C(F)(F)F)c1. The quantitative estimate of drug-likeness (QED) is 0.265. The molecule has 0 unspecified atom stereocenters. The molecule has 224 valence electrons. The minimum Gasteiger partial charge on any atom is -0.349 e. The van der Waals surface area contributed by atoms with Gasteiger partial charge in [-0.2, -0.15) is 26.3 Å². The molecule has 1 aliphatic heterocycles. The number of halogens is 7. The number of H-pyrrole nitrogens is 1. The zero-order chi connectivity index (χ0) is 30.3. The Bertz CT molecular complexity index is 1450. The summed E-state index contributed by atoms with van der Waals surface area (Å²) < 4.78 is 117. The van der Waals surface area contributed by atoms with Crippen molar-refractivity contribution in [1.29, 1.82) is 0 Å². The molecular weight excluding hydrogens is 592 g/mol. The van der Waals surface area contributed by atoms with Gasteiger partial charge in [-0.1, -0.05) is 12.1 Å². The maximum absolute atomic E-state index is 13.7. The molecule has 0 bridgehead atoms. The van der Waals surface area contributed by atoms with E-state index >= 15 is 0 Å². The van der Waals surface area contributed by atoms with E-state index in [1.165, 1.54) is 19.1 Å². The molecule has 0 radical (unpaired) electrons. The first-order valence-electron chi connectivity index (χ1n) is 11.7. The molecule has 1 saturated heterocycles. The Morgan fingerprint density at radius 2 is 1.68 bits per heavy atom. The average molecular weight is 614 g/mol. The van der Waals surface area contributed by atoms with Gasteiger partial charge in [-0.3, -0.25) is 9.88 Å². The lowest BCUT2D eigenvalue weighted by Crippen LogP contribution is -2.46. The normalized spacial score (nSPS) is 19.9. The molecule has 10 nitrogen and oxygen atoms in total. The summed E-state index contributed by atoms with van der Waals surface area (Å²) in [6.45, 7) is 1.04. The van der Waals surface area contributed by atoms with Crippen LogP contribution in [0.25, 0.3) is 0 Å². The van der Waals surface area contributed by atoms with Crippen LogP contribution < -0.4 is 5.69 Å². The number of aromatic nitrogens is 3. The van der Waals surface area contributed by atoms with Crippen LogP contribution in [0, 0.1) is 5.82 Å². The van der Waals surface area contributed by atoms with Crippen LogP contribution in [0.5, 0.6) is 0 Å². The molecular formula is C23H22F7N4O6P. The minimum atomic E-state index is -5.07. The third-order valence-electron chi connectivity index (χ3n) is 6.19. The molecule has 0 amide bonds. The Balaban J connectivity index is 1.68. The van der Waals surface area contributed by atoms with Gasteiger partial charge in [0.25, 0.3) is 0 Å². The van der Waals surface area contributed by atoms with Gasteiger partial charge >= 0.3 is 25.8 Å². The van der Waals surface area contributed by atoms with Crippen molar-refractivity contribution in [3.05, 3.63) is 86.8 Å². The highest BCUT2D eigenvalue weighted by Gasteiger charge is 2.39. The Kier molecular flexibility index (Phi) is 8.51. The van der Waals surface area contributed by atoms with Crippen molar-refractivity contribution < 1.29 is 54.6 Å². The van der Waals surface area contributed by atoms with Gasteiger partial charge in [-0.25, -0.2) is 13.8 Å². The molecule has 3 atom stereocenters. The highest BCUT2D eigenvalue weighted by atomic mass is 31.2. The van der Waals surface area contributed by atoms with Crippen molar-refractivity contribution in [3.63, 3.8) is 0 Å². The highest BCUT2D eigenvalue weighted by Crippen LogP contribution is 2.40. The molecule has 1 aliphatic rings. The van der Waals surface area contributed by atoms with E-state index in [0.717, 1.165) is 12.1 Å². The third-order valence-corrected chi connectivity index (χ3v) is 6.95. The molecule has 0 saturated carbocycles. The van der Waals surface area contributed by atoms with Crippen molar-refractivity contribution >= 4 is 7.75 Å². The largest absolute Gasteiger partial charge is 0.454 e. The fourth-order valence-electron chi connectivity index (χ4n) is 4.30. The van der Waals surface area contributed by atoms with Gasteiger partial charge in [-0.05, 0) is 48.4 Å². The molecule has 2 heterocycles. The van der Waals surface area contributed by atoms with Crippen molar-refractivity contribution in [2.75, 3.05) is 13.2 Å². The number of hydrogen-bond donors (Lipinski definition) is 3. The van der Waals surface area contributed by atoms with Crippen LogP contribution >= 0.6 is 7.75 Å². The molecule has 1 fully saturated rings. The van der Waals surface area contributed by atoms with Crippen LogP contribution in [0.3, 0.4) is 0 Å². The number of aromatic amines is 1. The number of nitrogens with one attached hydrogen (secondary N) is 1. The Morgan fingerprint density at radius 1 is 1.10 bits per heavy atom. The first-order chi connectivity index (χ1) is 18.9. The van der Waals surface area contributed by atoms with Crippen LogP contribution in [-0.4, -0.2) is 48.7 Å². The second-order valence-electron chi connectivity index (χ2n) is 9.10. The van der Waals surface area contributed by atoms with Crippen molar-refractivity contribution in [3.8, 4) is 0 Å². The molecule has 41 heavy (non-hydrogen) atoms. The lowest BCUT2D eigenvalue weighted by Gasteiger charge is -2.41. The predicted octanol–water partition coefficient (Wildman–Crippen LogP) is 4.37. The van der Waals surface area contributed by atoms with Gasteiger partial charge in [0.1, 0.15) is 11.6 Å². The molecule has 18 heteroatoms. The van der Waals surface area contributed by atoms with E-state index in [1.54, 1.807) is 4.90 Å². The molecule has 4 rings (SSSR count). The third kappa shape index (κ3) is 7.23. The topological polar surface area (TPSA) is 130 Å². The zero-order valence-corrected chi connectivity index (χ0v) is 21.8. The summed E-state index contributed by atoms with van der Waals surface area (Å²) in [5.74, 6) is -0.775. The van der Waals surface area contributed by atoms with E-state index in [9.17, 15) is 49.9 Å². The average Bonchev–Trinajstić information content (AvgIpc) is 3.24. The lowest BCUT2D eigenvalue weighted by molar-refractivity contribution is -0.231. The number of morpholine rings is 1. The van der Waals surface area contributed by atoms with Gasteiger partial charge < -0.3 is 19.3 Å². The van der Waals surface area contributed by atoms with E-state index in [-0.39, 0.29) is 36.0 Å². The Hall–Kier alpha value is -3.08. The number of hydrogen-bond acceptors (Lipinski definition) is 6. The number of alkyl halides is 6. The van der Waals surface area contributed by atoms with E-state index in [1.807, 2.05) is 0 Å². The first-order valence-corrected chi connectivity index (χ1v) is 13.3. The molecule has 2 aromatic carbocycles. The summed E-state index contributed by atoms with van der Waals surface area (Å²) in [5.41, 5.74) is -4.31. The number of nitrogens with zero attached hydrogens (tertiary/aromatic N) is 3. The second kappa shape index (κ2) is 11.3. The maximum Gasteiger partial charge on any atom is 0.454 e. The second-order valence-corrected chi connectivity index (χ2v) is 10.5. The highest BCUT2D eigenvalue weighted by molar-refractivity contribution is 7.49. The van der Waals surface area contributed by atoms with Gasteiger partial charge in [-0.15, -0.1) is 9.55 Å². The van der Waals surface area contributed by atoms with Crippen LogP contribution in [0.4, 0.5) is 30.7 Å². The lowest BCUT2D eigenvalue weighted by atomic mass is 10.0.